The van der Waals surface area contributed by atoms with Crippen LogP contribution in [0.4, 0.5) is 0 Å². The van der Waals surface area contributed by atoms with Crippen LogP contribution in [0.3, 0.4) is 0 Å². The summed E-state index contributed by atoms with van der Waals surface area (Å²) in [5.74, 6) is 3.41. The van der Waals surface area contributed by atoms with E-state index in [1.54, 1.807) is 14.2 Å². The van der Waals surface area contributed by atoms with Crippen molar-refractivity contribution in [2.45, 2.75) is 63.2 Å². The number of hydrogen-bond acceptors (Lipinski definition) is 2. The average Bonchev–Trinajstić information content (AvgIpc) is 3.19. The fourth-order valence-corrected chi connectivity index (χ4v) is 4.76. The lowest BCUT2D eigenvalue weighted by Gasteiger charge is -2.25. The van der Waals surface area contributed by atoms with Gasteiger partial charge in [-0.1, -0.05) is 34.9 Å². The molecule has 1 atom stereocenters. The normalized spacial score (nSPS) is 20.1. The maximum absolute atomic E-state index is 5.83. The second-order valence-electron chi connectivity index (χ2n) is 6.49. The van der Waals surface area contributed by atoms with Crippen molar-refractivity contribution in [1.82, 2.24) is 0 Å². The molecule has 1 aromatic carbocycles. The van der Waals surface area contributed by atoms with E-state index >= 15 is 0 Å². The van der Waals surface area contributed by atoms with Crippen LogP contribution < -0.4 is 14.8 Å². The van der Waals surface area contributed by atoms with Crippen molar-refractivity contribution >= 4 is 14.5 Å². The Morgan fingerprint density at radius 1 is 0.905 bits per heavy atom. The molecule has 2 aliphatic rings. The van der Waals surface area contributed by atoms with Crippen LogP contribution in [-0.2, 0) is 0 Å². The van der Waals surface area contributed by atoms with E-state index in [1.165, 1.54) is 62.5 Å². The fraction of sp³-hybridized carbons (Fsp3) is 0.667. The first-order valence-electron chi connectivity index (χ1n) is 8.30. The highest BCUT2D eigenvalue weighted by Gasteiger charge is 2.30. The molecule has 0 saturated heterocycles. The Hall–Kier alpha value is -0.750. The molecule has 2 fully saturated rings. The molecule has 116 valence electrons. The molecule has 0 spiro atoms. The van der Waals surface area contributed by atoms with Gasteiger partial charge in [0.2, 0.25) is 0 Å². The molecule has 0 bridgehead atoms. The van der Waals surface area contributed by atoms with Crippen LogP contribution in [-0.4, -0.2) is 14.2 Å². The van der Waals surface area contributed by atoms with Crippen molar-refractivity contribution in [3.8, 4) is 11.5 Å². The lowest BCUT2D eigenvalue weighted by atomic mass is 9.84. The zero-order valence-electron chi connectivity index (χ0n) is 13.3. The topological polar surface area (TPSA) is 18.5 Å². The van der Waals surface area contributed by atoms with Crippen molar-refractivity contribution in [2.24, 2.45) is 0 Å². The summed E-state index contributed by atoms with van der Waals surface area (Å²) in [5, 5.41) is 1.09. The van der Waals surface area contributed by atoms with Gasteiger partial charge in [-0.25, -0.2) is 0 Å². The van der Waals surface area contributed by atoms with E-state index in [2.05, 4.69) is 15.3 Å². The van der Waals surface area contributed by atoms with Crippen LogP contribution in [0.5, 0.6) is 11.5 Å². The molecule has 21 heavy (non-hydrogen) atoms. The predicted octanol–water partition coefficient (Wildman–Crippen LogP) is 4.52. The van der Waals surface area contributed by atoms with Gasteiger partial charge in [-0.05, 0) is 49.1 Å². The van der Waals surface area contributed by atoms with Crippen LogP contribution in [0, 0.1) is 0 Å². The number of methoxy groups -OCH3 is 2. The molecular formula is C18H27O2P. The Bertz CT molecular complexity index is 500. The fourth-order valence-electron chi connectivity index (χ4n) is 4.28. The SMILES string of the molecule is COc1cc(C2CCCC2)c(C2CCCC2)c(OC)c1P. The van der Waals surface area contributed by atoms with Crippen molar-refractivity contribution in [2.75, 3.05) is 14.2 Å². The Balaban J connectivity index is 2.13. The highest BCUT2D eigenvalue weighted by molar-refractivity contribution is 7.28. The minimum atomic E-state index is 0.681. The lowest BCUT2D eigenvalue weighted by molar-refractivity contribution is 0.392. The summed E-state index contributed by atoms with van der Waals surface area (Å²) < 4.78 is 11.4. The standard InChI is InChI=1S/C18H27O2P/c1-19-15-11-14(12-7-3-4-8-12)16(13-9-5-6-10-13)17(20-2)18(15)21/h11-13H,3-10,21H2,1-2H3. The molecule has 0 heterocycles. The molecule has 2 nitrogen and oxygen atoms in total. The molecule has 3 rings (SSSR count). The average molecular weight is 306 g/mol. The van der Waals surface area contributed by atoms with Gasteiger partial charge in [0.15, 0.2) is 0 Å². The first-order chi connectivity index (χ1) is 10.3. The van der Waals surface area contributed by atoms with Gasteiger partial charge in [-0.2, -0.15) is 0 Å². The first-order valence-corrected chi connectivity index (χ1v) is 8.88. The van der Waals surface area contributed by atoms with E-state index in [9.17, 15) is 0 Å². The monoisotopic (exact) mass is 306 g/mol. The van der Waals surface area contributed by atoms with E-state index in [-0.39, 0.29) is 0 Å². The van der Waals surface area contributed by atoms with Gasteiger partial charge >= 0.3 is 0 Å². The zero-order valence-corrected chi connectivity index (χ0v) is 14.4. The summed E-state index contributed by atoms with van der Waals surface area (Å²) in [7, 11) is 6.39. The van der Waals surface area contributed by atoms with Crippen molar-refractivity contribution in [1.29, 1.82) is 0 Å². The van der Waals surface area contributed by atoms with Crippen molar-refractivity contribution in [3.05, 3.63) is 17.2 Å². The van der Waals surface area contributed by atoms with E-state index in [0.29, 0.717) is 11.8 Å². The summed E-state index contributed by atoms with van der Waals surface area (Å²) in [6, 6.07) is 2.30. The van der Waals surface area contributed by atoms with Crippen LogP contribution in [0.2, 0.25) is 0 Å². The maximum Gasteiger partial charge on any atom is 0.133 e. The van der Waals surface area contributed by atoms with E-state index in [0.717, 1.165) is 16.8 Å². The summed E-state index contributed by atoms with van der Waals surface area (Å²) in [5.41, 5.74) is 3.01. The molecule has 0 N–H and O–H groups in total. The number of rotatable bonds is 4. The van der Waals surface area contributed by atoms with Gasteiger partial charge in [-0.15, -0.1) is 0 Å². The molecule has 0 aromatic heterocycles. The van der Waals surface area contributed by atoms with E-state index < -0.39 is 0 Å². The van der Waals surface area contributed by atoms with Crippen molar-refractivity contribution in [3.63, 3.8) is 0 Å². The third-order valence-electron chi connectivity index (χ3n) is 5.33. The highest BCUT2D eigenvalue weighted by Crippen LogP contribution is 2.47. The first kappa shape index (κ1) is 15.2. The summed E-state index contributed by atoms with van der Waals surface area (Å²) >= 11 is 0. The molecule has 0 amide bonds. The molecule has 0 aliphatic heterocycles. The predicted molar refractivity (Wildman–Crippen MR) is 91.3 cm³/mol. The van der Waals surface area contributed by atoms with Gasteiger partial charge in [-0.3, -0.25) is 0 Å². The zero-order chi connectivity index (χ0) is 14.8. The van der Waals surface area contributed by atoms with Crippen LogP contribution in [0.1, 0.15) is 74.3 Å². The molecule has 1 aromatic rings. The third-order valence-corrected chi connectivity index (χ3v) is 5.88. The third kappa shape index (κ3) is 2.80. The van der Waals surface area contributed by atoms with E-state index in [4.69, 9.17) is 9.47 Å². The number of benzene rings is 1. The Morgan fingerprint density at radius 3 is 2.00 bits per heavy atom. The minimum absolute atomic E-state index is 0.681. The molecule has 0 radical (unpaired) electrons. The highest BCUT2D eigenvalue weighted by atomic mass is 31.0. The van der Waals surface area contributed by atoms with Crippen molar-refractivity contribution < 1.29 is 9.47 Å². The molecule has 2 aliphatic carbocycles. The van der Waals surface area contributed by atoms with Gasteiger partial charge in [0.1, 0.15) is 11.5 Å². The van der Waals surface area contributed by atoms with Crippen LogP contribution in [0.15, 0.2) is 6.07 Å². The Labute approximate surface area is 130 Å². The summed E-state index contributed by atoms with van der Waals surface area (Å²) in [4.78, 5) is 0. The second-order valence-corrected chi connectivity index (χ2v) is 7.07. The van der Waals surface area contributed by atoms with Gasteiger partial charge in [0.05, 0.1) is 19.5 Å². The molecule has 1 unspecified atom stereocenters. The van der Waals surface area contributed by atoms with Crippen LogP contribution in [0.25, 0.3) is 0 Å². The number of hydrogen-bond donors (Lipinski definition) is 0. The van der Waals surface area contributed by atoms with Gasteiger partial charge in [0, 0.05) is 5.56 Å². The Morgan fingerprint density at radius 2 is 1.48 bits per heavy atom. The van der Waals surface area contributed by atoms with Crippen LogP contribution >= 0.6 is 9.24 Å². The summed E-state index contributed by atoms with van der Waals surface area (Å²) in [6.45, 7) is 0. The lowest BCUT2D eigenvalue weighted by Crippen LogP contribution is -2.13. The van der Waals surface area contributed by atoms with Gasteiger partial charge < -0.3 is 9.47 Å². The number of ether oxygens (including phenoxy) is 2. The maximum atomic E-state index is 5.83. The van der Waals surface area contributed by atoms with Gasteiger partial charge in [0.25, 0.3) is 0 Å². The second kappa shape index (κ2) is 6.57. The quantitative estimate of drug-likeness (QED) is 0.761. The smallest absolute Gasteiger partial charge is 0.133 e. The molecule has 3 heteroatoms. The largest absolute Gasteiger partial charge is 0.496 e. The molecule has 2 saturated carbocycles. The molecular weight excluding hydrogens is 279 g/mol. The Kier molecular flexibility index (Phi) is 4.74. The minimum Gasteiger partial charge on any atom is -0.496 e. The van der Waals surface area contributed by atoms with E-state index in [1.807, 2.05) is 0 Å². The summed E-state index contributed by atoms with van der Waals surface area (Å²) in [6.07, 6.45) is 10.7.